The van der Waals surface area contributed by atoms with E-state index < -0.39 is 11.6 Å². The number of benzene rings is 1. The van der Waals surface area contributed by atoms with Crippen LogP contribution in [0.1, 0.15) is 10.4 Å². The summed E-state index contributed by atoms with van der Waals surface area (Å²) in [5.74, 6) is -1.49. The van der Waals surface area contributed by atoms with Crippen molar-refractivity contribution in [2.24, 2.45) is 7.05 Å². The Morgan fingerprint density at radius 2 is 1.93 bits per heavy atom. The number of anilines is 2. The molecule has 28 heavy (non-hydrogen) atoms. The van der Waals surface area contributed by atoms with Crippen LogP contribution in [0.4, 0.5) is 20.3 Å². The first-order valence-electron chi connectivity index (χ1n) is 8.58. The van der Waals surface area contributed by atoms with Crippen molar-refractivity contribution >= 4 is 40.7 Å². The molecule has 3 heterocycles. The van der Waals surface area contributed by atoms with E-state index in [1.54, 1.807) is 4.90 Å². The Balaban J connectivity index is 0.00000225. The smallest absolute Gasteiger partial charge is 0.257 e. The van der Waals surface area contributed by atoms with Gasteiger partial charge in [0.05, 0.1) is 24.3 Å². The summed E-state index contributed by atoms with van der Waals surface area (Å²) in [6, 6.07) is 5.39. The standard InChI is InChI=1S/C19H18F2N4O2.ClH/c1-24-5-4-13-17(24)14(19(26)25-6-8-27-9-7-25)11-22-18(13)23-12-2-3-15(20)16(21)10-12;/h2-5,10-11H,6-9H2,1H3,(H,22,23);1H. The number of carbonyl (C=O) groups is 1. The van der Waals surface area contributed by atoms with Crippen molar-refractivity contribution in [3.8, 4) is 0 Å². The minimum atomic E-state index is -0.941. The molecule has 0 saturated carbocycles. The van der Waals surface area contributed by atoms with Gasteiger partial charge < -0.3 is 19.5 Å². The fourth-order valence-electron chi connectivity index (χ4n) is 3.22. The minimum Gasteiger partial charge on any atom is -0.378 e. The van der Waals surface area contributed by atoms with Crippen molar-refractivity contribution in [3.63, 3.8) is 0 Å². The molecule has 1 saturated heterocycles. The van der Waals surface area contributed by atoms with Gasteiger partial charge in [-0.2, -0.15) is 0 Å². The molecule has 2 aromatic heterocycles. The second-order valence-corrected chi connectivity index (χ2v) is 6.37. The number of hydrogen-bond donors (Lipinski definition) is 1. The highest BCUT2D eigenvalue weighted by molar-refractivity contribution is 6.08. The molecule has 3 aromatic rings. The number of nitrogens with one attached hydrogen (secondary N) is 1. The van der Waals surface area contributed by atoms with Crippen molar-refractivity contribution in [1.29, 1.82) is 0 Å². The number of rotatable bonds is 3. The molecule has 0 bridgehead atoms. The van der Waals surface area contributed by atoms with E-state index in [9.17, 15) is 13.6 Å². The van der Waals surface area contributed by atoms with E-state index in [-0.39, 0.29) is 18.3 Å². The zero-order valence-corrected chi connectivity index (χ0v) is 15.9. The number of hydrogen-bond acceptors (Lipinski definition) is 4. The maximum absolute atomic E-state index is 13.5. The number of aryl methyl sites for hydroxylation is 1. The quantitative estimate of drug-likeness (QED) is 0.720. The molecule has 0 radical (unpaired) electrons. The number of aromatic nitrogens is 2. The van der Waals surface area contributed by atoms with Gasteiger partial charge >= 0.3 is 0 Å². The molecule has 4 rings (SSSR count). The van der Waals surface area contributed by atoms with Crippen LogP contribution < -0.4 is 5.32 Å². The largest absolute Gasteiger partial charge is 0.378 e. The summed E-state index contributed by atoms with van der Waals surface area (Å²) in [5.41, 5.74) is 1.60. The lowest BCUT2D eigenvalue weighted by Gasteiger charge is -2.27. The van der Waals surface area contributed by atoms with Gasteiger partial charge in [0.15, 0.2) is 11.6 Å². The summed E-state index contributed by atoms with van der Waals surface area (Å²) in [4.78, 5) is 19.0. The normalized spacial score (nSPS) is 14.0. The predicted molar refractivity (Wildman–Crippen MR) is 104 cm³/mol. The molecule has 1 N–H and O–H groups in total. The van der Waals surface area contributed by atoms with Crippen LogP contribution in [0, 0.1) is 11.6 Å². The SMILES string of the molecule is Cl.Cn1ccc2c(Nc3ccc(F)c(F)c3)ncc(C(=O)N3CCOCC3)c21. The molecule has 6 nitrogen and oxygen atoms in total. The van der Waals surface area contributed by atoms with Crippen molar-refractivity contribution in [2.45, 2.75) is 0 Å². The van der Waals surface area contributed by atoms with Gasteiger partial charge in [0.25, 0.3) is 5.91 Å². The molecule has 148 valence electrons. The van der Waals surface area contributed by atoms with Crippen LogP contribution in [-0.2, 0) is 11.8 Å². The van der Waals surface area contributed by atoms with E-state index in [1.807, 2.05) is 23.9 Å². The van der Waals surface area contributed by atoms with Crippen molar-refractivity contribution in [1.82, 2.24) is 14.5 Å². The Morgan fingerprint density at radius 3 is 2.64 bits per heavy atom. The van der Waals surface area contributed by atoms with Gasteiger partial charge in [-0.25, -0.2) is 13.8 Å². The third-order valence-corrected chi connectivity index (χ3v) is 4.62. The van der Waals surface area contributed by atoms with E-state index in [0.717, 1.165) is 23.0 Å². The molecule has 1 fully saturated rings. The molecule has 9 heteroatoms. The average molecular weight is 409 g/mol. The Kier molecular flexibility index (Phi) is 5.81. The van der Waals surface area contributed by atoms with Gasteiger partial charge in [-0.15, -0.1) is 12.4 Å². The van der Waals surface area contributed by atoms with Gasteiger partial charge in [0, 0.05) is 49.7 Å². The third kappa shape index (κ3) is 3.65. The number of pyridine rings is 1. The topological polar surface area (TPSA) is 59.4 Å². The highest BCUT2D eigenvalue weighted by Gasteiger charge is 2.23. The molecule has 1 amide bonds. The molecule has 0 aliphatic carbocycles. The molecular formula is C19H19ClF2N4O2. The maximum atomic E-state index is 13.5. The first-order valence-corrected chi connectivity index (χ1v) is 8.58. The van der Waals surface area contributed by atoms with E-state index in [1.165, 1.54) is 12.3 Å². The lowest BCUT2D eigenvalue weighted by molar-refractivity contribution is 0.0303. The monoisotopic (exact) mass is 408 g/mol. The molecule has 0 atom stereocenters. The molecule has 0 spiro atoms. The highest BCUT2D eigenvalue weighted by Crippen LogP contribution is 2.29. The van der Waals surface area contributed by atoms with E-state index in [0.29, 0.717) is 43.4 Å². The predicted octanol–water partition coefficient (Wildman–Crippen LogP) is 3.49. The summed E-state index contributed by atoms with van der Waals surface area (Å²) >= 11 is 0. The second kappa shape index (κ2) is 8.12. The average Bonchev–Trinajstić information content (AvgIpc) is 3.08. The van der Waals surface area contributed by atoms with Crippen LogP contribution in [0.2, 0.25) is 0 Å². The first-order chi connectivity index (χ1) is 13.0. The lowest BCUT2D eigenvalue weighted by Crippen LogP contribution is -2.40. The van der Waals surface area contributed by atoms with E-state index in [2.05, 4.69) is 10.3 Å². The Labute approximate surface area is 166 Å². The lowest BCUT2D eigenvalue weighted by atomic mass is 10.1. The van der Waals surface area contributed by atoms with Crippen molar-refractivity contribution < 1.29 is 18.3 Å². The minimum absolute atomic E-state index is 0. The Hall–Kier alpha value is -2.71. The first kappa shape index (κ1) is 20.0. The zero-order valence-electron chi connectivity index (χ0n) is 15.1. The van der Waals surface area contributed by atoms with Gasteiger partial charge in [-0.3, -0.25) is 4.79 Å². The number of halogens is 3. The van der Waals surface area contributed by atoms with Crippen LogP contribution in [0.15, 0.2) is 36.7 Å². The summed E-state index contributed by atoms with van der Waals surface area (Å²) < 4.78 is 33.8. The number of fused-ring (bicyclic) bond motifs is 1. The van der Waals surface area contributed by atoms with Crippen LogP contribution in [-0.4, -0.2) is 46.7 Å². The molecular weight excluding hydrogens is 390 g/mol. The number of carbonyl (C=O) groups excluding carboxylic acids is 1. The van der Waals surface area contributed by atoms with Gasteiger partial charge in [-0.1, -0.05) is 0 Å². The number of morpholine rings is 1. The molecule has 1 aromatic carbocycles. The number of ether oxygens (including phenoxy) is 1. The van der Waals surface area contributed by atoms with Gasteiger partial charge in [0.1, 0.15) is 5.82 Å². The fourth-order valence-corrected chi connectivity index (χ4v) is 3.22. The van der Waals surface area contributed by atoms with Crippen LogP contribution >= 0.6 is 12.4 Å². The summed E-state index contributed by atoms with van der Waals surface area (Å²) in [5, 5.41) is 3.72. The van der Waals surface area contributed by atoms with E-state index >= 15 is 0 Å². The zero-order chi connectivity index (χ0) is 19.0. The van der Waals surface area contributed by atoms with Crippen molar-refractivity contribution in [3.05, 3.63) is 53.9 Å². The number of amides is 1. The number of nitrogens with zero attached hydrogens (tertiary/aromatic N) is 3. The third-order valence-electron chi connectivity index (χ3n) is 4.62. The summed E-state index contributed by atoms with van der Waals surface area (Å²) in [7, 11) is 1.85. The molecule has 1 aliphatic heterocycles. The molecule has 0 unspecified atom stereocenters. The van der Waals surface area contributed by atoms with Crippen LogP contribution in [0.5, 0.6) is 0 Å². The maximum Gasteiger partial charge on any atom is 0.257 e. The summed E-state index contributed by atoms with van der Waals surface area (Å²) in [6.07, 6.45) is 3.35. The Morgan fingerprint density at radius 1 is 1.18 bits per heavy atom. The van der Waals surface area contributed by atoms with Gasteiger partial charge in [0.2, 0.25) is 0 Å². The van der Waals surface area contributed by atoms with Gasteiger partial charge in [-0.05, 0) is 18.2 Å². The summed E-state index contributed by atoms with van der Waals surface area (Å²) in [6.45, 7) is 2.12. The van der Waals surface area contributed by atoms with Crippen molar-refractivity contribution in [2.75, 3.05) is 31.6 Å². The fraction of sp³-hybridized carbons (Fsp3) is 0.263. The second-order valence-electron chi connectivity index (χ2n) is 6.37. The van der Waals surface area contributed by atoms with Crippen LogP contribution in [0.25, 0.3) is 10.9 Å². The molecule has 1 aliphatic rings. The van der Waals surface area contributed by atoms with E-state index in [4.69, 9.17) is 4.74 Å². The Bertz CT molecular complexity index is 1020. The highest BCUT2D eigenvalue weighted by atomic mass is 35.5. The van der Waals surface area contributed by atoms with Crippen LogP contribution in [0.3, 0.4) is 0 Å².